The number of halogens is 1. The molecule has 0 unspecified atom stereocenters. The second-order valence-electron chi connectivity index (χ2n) is 9.91. The summed E-state index contributed by atoms with van der Waals surface area (Å²) in [5.41, 5.74) is 4.45. The number of likely N-dealkylation sites (N-methyl/N-ethyl adjacent to an activating group) is 2. The van der Waals surface area contributed by atoms with Crippen LogP contribution in [0.15, 0.2) is 55.5 Å². The summed E-state index contributed by atoms with van der Waals surface area (Å²) in [6.07, 6.45) is 6.13. The van der Waals surface area contributed by atoms with Gasteiger partial charge in [-0.2, -0.15) is 4.98 Å². The van der Waals surface area contributed by atoms with Crippen molar-refractivity contribution in [3.05, 3.63) is 60.5 Å². The largest absolute Gasteiger partial charge is 0.494 e. The maximum absolute atomic E-state index is 12.3. The molecule has 0 spiro atoms. The third-order valence-electron chi connectivity index (χ3n) is 6.36. The van der Waals surface area contributed by atoms with Gasteiger partial charge in [0.2, 0.25) is 11.9 Å². The van der Waals surface area contributed by atoms with Crippen molar-refractivity contribution in [2.75, 3.05) is 75.5 Å². The molecule has 4 rings (SSSR count). The monoisotopic (exact) mass is 607 g/mol. The van der Waals surface area contributed by atoms with Crippen molar-refractivity contribution >= 4 is 76.3 Å². The molecule has 11 nitrogen and oxygen atoms in total. The van der Waals surface area contributed by atoms with Gasteiger partial charge in [0.1, 0.15) is 10.8 Å². The normalized spacial score (nSPS) is 11.1. The van der Waals surface area contributed by atoms with Crippen LogP contribution in [0, 0.1) is 0 Å². The summed E-state index contributed by atoms with van der Waals surface area (Å²) in [7, 11) is 7.03. The van der Waals surface area contributed by atoms with Crippen LogP contribution in [0.1, 0.15) is 0 Å². The second-order valence-corrected chi connectivity index (χ2v) is 12.6. The molecule has 0 aliphatic heterocycles. The van der Waals surface area contributed by atoms with Crippen LogP contribution in [-0.2, 0) is 4.79 Å². The van der Waals surface area contributed by atoms with Crippen molar-refractivity contribution in [3.8, 4) is 5.75 Å². The van der Waals surface area contributed by atoms with Gasteiger partial charge < -0.3 is 30.5 Å². The highest BCUT2D eigenvalue weighted by molar-refractivity contribution is 7.65. The van der Waals surface area contributed by atoms with E-state index in [0.29, 0.717) is 28.0 Å². The topological polar surface area (TPSA) is 120 Å². The summed E-state index contributed by atoms with van der Waals surface area (Å²) < 4.78 is 5.71. The lowest BCUT2D eigenvalue weighted by Gasteiger charge is -2.26. The summed E-state index contributed by atoms with van der Waals surface area (Å²) in [6.45, 7) is 9.46. The Labute approximate surface area is 252 Å². The Bertz CT molecular complexity index is 1600. The van der Waals surface area contributed by atoms with Gasteiger partial charge in [0, 0.05) is 49.6 Å². The first-order chi connectivity index (χ1) is 20.1. The minimum atomic E-state index is -0.536. The van der Waals surface area contributed by atoms with E-state index in [2.05, 4.69) is 60.7 Å². The number of carbonyl (C=O) groups excluding carboxylic acids is 1. The van der Waals surface area contributed by atoms with Gasteiger partial charge in [-0.25, -0.2) is 4.98 Å². The molecule has 0 saturated carbocycles. The van der Waals surface area contributed by atoms with Crippen LogP contribution in [-0.4, -0.2) is 85.4 Å². The number of fused-ring (bicyclic) bond motifs is 1. The summed E-state index contributed by atoms with van der Waals surface area (Å²) in [4.78, 5) is 34.5. The summed E-state index contributed by atoms with van der Waals surface area (Å²) in [5.74, 6) is 0.927. The standard InChI is InChI=1S/C29H35ClN9O2P/c1-8-25(40)34-21-15-22(24(41-5)16-23(21)39(4)14-13-38(2)3)36-29-33-17-18(30)28(37-29)35-20-10-9-19-26(27(20)42(6)7)32-12-11-31-19/h8-12,15-17H,1,13-14H2,2-7H3,(H,34,40)(H2,33,35,36,37). The fraction of sp³-hybridized carbons (Fsp3) is 0.276. The molecule has 0 bridgehead atoms. The quantitative estimate of drug-likeness (QED) is 0.149. The summed E-state index contributed by atoms with van der Waals surface area (Å²) in [5, 5.41) is 10.9. The molecule has 0 aliphatic rings. The lowest BCUT2D eigenvalue weighted by molar-refractivity contribution is -0.111. The number of carbonyl (C=O) groups is 1. The zero-order chi connectivity index (χ0) is 30.4. The molecular formula is C29H35ClN9O2P. The predicted molar refractivity (Wildman–Crippen MR) is 175 cm³/mol. The van der Waals surface area contributed by atoms with Crippen molar-refractivity contribution in [2.45, 2.75) is 0 Å². The van der Waals surface area contributed by atoms with Crippen molar-refractivity contribution in [2.24, 2.45) is 0 Å². The number of hydrogen-bond donors (Lipinski definition) is 3. The molecular weight excluding hydrogens is 573 g/mol. The van der Waals surface area contributed by atoms with Crippen LogP contribution in [0.3, 0.4) is 0 Å². The fourth-order valence-electron chi connectivity index (χ4n) is 4.24. The van der Waals surface area contributed by atoms with Gasteiger partial charge in [-0.05, 0) is 51.7 Å². The summed E-state index contributed by atoms with van der Waals surface area (Å²) in [6, 6.07) is 7.53. The lowest BCUT2D eigenvalue weighted by atomic mass is 10.2. The predicted octanol–water partition coefficient (Wildman–Crippen LogP) is 5.06. The van der Waals surface area contributed by atoms with Gasteiger partial charge in [0.15, 0.2) is 5.82 Å². The fourth-order valence-corrected chi connectivity index (χ4v) is 5.59. The van der Waals surface area contributed by atoms with E-state index < -0.39 is 7.92 Å². The smallest absolute Gasteiger partial charge is 0.247 e. The number of ether oxygens (including phenoxy) is 1. The van der Waals surface area contributed by atoms with E-state index in [1.165, 1.54) is 12.3 Å². The average Bonchev–Trinajstić information content (AvgIpc) is 2.97. The molecule has 13 heteroatoms. The number of methoxy groups -OCH3 is 1. The van der Waals surface area contributed by atoms with Crippen molar-refractivity contribution in [1.29, 1.82) is 0 Å². The SMILES string of the molecule is C=CC(=O)Nc1cc(Nc2ncc(Cl)c(Nc3ccc4nccnc4c3P(C)C)n2)c(OC)cc1N(C)CCN(C)C. The van der Waals surface area contributed by atoms with E-state index in [4.69, 9.17) is 16.3 Å². The molecule has 2 aromatic carbocycles. The van der Waals surface area contributed by atoms with Gasteiger partial charge in [-0.1, -0.05) is 26.1 Å². The van der Waals surface area contributed by atoms with Crippen LogP contribution < -0.4 is 30.9 Å². The molecule has 1 amide bonds. The van der Waals surface area contributed by atoms with Crippen molar-refractivity contribution < 1.29 is 9.53 Å². The Balaban J connectivity index is 1.69. The van der Waals surface area contributed by atoms with Crippen LogP contribution in [0.4, 0.5) is 34.5 Å². The Hall–Kier alpha value is -4.05. The van der Waals surface area contributed by atoms with Crippen LogP contribution >= 0.6 is 19.5 Å². The maximum atomic E-state index is 12.3. The van der Waals surface area contributed by atoms with Crippen LogP contribution in [0.5, 0.6) is 5.75 Å². The van der Waals surface area contributed by atoms with Gasteiger partial charge in [0.05, 0.1) is 41.4 Å². The first-order valence-electron chi connectivity index (χ1n) is 13.1. The zero-order valence-electron chi connectivity index (χ0n) is 24.6. The van der Waals surface area contributed by atoms with Gasteiger partial charge in [-0.3, -0.25) is 14.8 Å². The minimum absolute atomic E-state index is 0.285. The molecule has 3 N–H and O–H groups in total. The van der Waals surface area contributed by atoms with Crippen molar-refractivity contribution in [1.82, 2.24) is 24.8 Å². The third kappa shape index (κ3) is 7.23. The van der Waals surface area contributed by atoms with E-state index in [1.807, 2.05) is 44.2 Å². The van der Waals surface area contributed by atoms with E-state index >= 15 is 0 Å². The molecule has 2 aromatic heterocycles. The Morgan fingerprint density at radius 3 is 2.50 bits per heavy atom. The molecule has 0 aliphatic carbocycles. The van der Waals surface area contributed by atoms with Crippen LogP contribution in [0.2, 0.25) is 5.02 Å². The van der Waals surface area contributed by atoms with E-state index in [-0.39, 0.29) is 11.9 Å². The van der Waals surface area contributed by atoms with Gasteiger partial charge in [0.25, 0.3) is 0 Å². The Morgan fingerprint density at radius 1 is 1.05 bits per heavy atom. The number of nitrogens with one attached hydrogen (secondary N) is 3. The third-order valence-corrected chi connectivity index (χ3v) is 7.98. The number of rotatable bonds is 12. The highest BCUT2D eigenvalue weighted by atomic mass is 35.5. The second kappa shape index (κ2) is 13.7. The van der Waals surface area contributed by atoms with Gasteiger partial charge >= 0.3 is 0 Å². The maximum Gasteiger partial charge on any atom is 0.247 e. The molecule has 4 aromatic rings. The molecule has 220 valence electrons. The number of nitrogens with zero attached hydrogens (tertiary/aromatic N) is 6. The molecule has 0 fully saturated rings. The number of aromatic nitrogens is 4. The lowest BCUT2D eigenvalue weighted by Crippen LogP contribution is -2.29. The first-order valence-corrected chi connectivity index (χ1v) is 15.7. The van der Waals surface area contributed by atoms with E-state index in [9.17, 15) is 4.79 Å². The first kappa shape index (κ1) is 30.9. The minimum Gasteiger partial charge on any atom is -0.494 e. The van der Waals surface area contributed by atoms with Crippen molar-refractivity contribution in [3.63, 3.8) is 0 Å². The summed E-state index contributed by atoms with van der Waals surface area (Å²) >= 11 is 6.54. The number of amides is 1. The van der Waals surface area contributed by atoms with Crippen LogP contribution in [0.25, 0.3) is 11.0 Å². The average molecular weight is 608 g/mol. The van der Waals surface area contributed by atoms with Gasteiger partial charge in [-0.15, -0.1) is 0 Å². The molecule has 2 heterocycles. The molecule has 0 atom stereocenters. The number of hydrogen-bond acceptors (Lipinski definition) is 10. The number of anilines is 6. The highest BCUT2D eigenvalue weighted by Gasteiger charge is 2.18. The molecule has 42 heavy (non-hydrogen) atoms. The van der Waals surface area contributed by atoms with E-state index in [1.54, 1.807) is 25.6 Å². The molecule has 0 saturated heterocycles. The zero-order valence-corrected chi connectivity index (χ0v) is 26.2. The highest BCUT2D eigenvalue weighted by Crippen LogP contribution is 2.39. The van der Waals surface area contributed by atoms with E-state index in [0.717, 1.165) is 40.8 Å². The molecule has 0 radical (unpaired) electrons. The number of benzene rings is 2. The Kier molecular flexibility index (Phi) is 10.1. The Morgan fingerprint density at radius 2 is 1.81 bits per heavy atom.